The number of carbonyl (C=O) groups is 1. The van der Waals surface area contributed by atoms with Crippen LogP contribution in [0.5, 0.6) is 0 Å². The molecule has 3 rings (SSSR count). The summed E-state index contributed by atoms with van der Waals surface area (Å²) in [6.07, 6.45) is 3.54. The highest BCUT2D eigenvalue weighted by molar-refractivity contribution is 6.01. The molecule has 116 valence electrons. The first-order valence-electron chi connectivity index (χ1n) is 8.06. The van der Waals surface area contributed by atoms with Crippen LogP contribution in [0.2, 0.25) is 0 Å². The summed E-state index contributed by atoms with van der Waals surface area (Å²) in [6.45, 7) is 2.93. The molecular formula is C18H23N3O. The summed E-state index contributed by atoms with van der Waals surface area (Å²) in [5.74, 6) is 0.687. The van der Waals surface area contributed by atoms with Gasteiger partial charge in [-0.1, -0.05) is 36.4 Å². The zero-order chi connectivity index (χ0) is 15.2. The Morgan fingerprint density at radius 2 is 2.05 bits per heavy atom. The number of benzene rings is 2. The fourth-order valence-corrected chi connectivity index (χ4v) is 3.06. The number of amides is 2. The van der Waals surface area contributed by atoms with Crippen molar-refractivity contribution in [1.29, 1.82) is 0 Å². The smallest absolute Gasteiger partial charge is 0.319 e. The largest absolute Gasteiger partial charge is 0.338 e. The van der Waals surface area contributed by atoms with Crippen molar-refractivity contribution in [3.8, 4) is 0 Å². The molecule has 1 unspecified atom stereocenters. The van der Waals surface area contributed by atoms with Gasteiger partial charge >= 0.3 is 6.03 Å². The van der Waals surface area contributed by atoms with Gasteiger partial charge in [0, 0.05) is 11.9 Å². The van der Waals surface area contributed by atoms with Crippen molar-refractivity contribution in [1.82, 2.24) is 10.6 Å². The van der Waals surface area contributed by atoms with Gasteiger partial charge in [-0.15, -0.1) is 0 Å². The van der Waals surface area contributed by atoms with Crippen LogP contribution < -0.4 is 16.0 Å². The standard InChI is InChI=1S/C18H23N3O/c22-18(20-12-10-14-5-4-11-19-13-14)21-17-9-3-7-15-6-1-2-8-16(15)17/h1-3,6-9,14,19H,4-5,10-13H2,(H2,20,21,22). The highest BCUT2D eigenvalue weighted by atomic mass is 16.2. The predicted octanol–water partition coefficient (Wildman–Crippen LogP) is 3.35. The molecule has 4 heteroatoms. The van der Waals surface area contributed by atoms with Gasteiger partial charge in [0.2, 0.25) is 0 Å². The Labute approximate surface area is 131 Å². The summed E-state index contributed by atoms with van der Waals surface area (Å²) in [6, 6.07) is 13.9. The summed E-state index contributed by atoms with van der Waals surface area (Å²) in [5.41, 5.74) is 0.856. The Morgan fingerprint density at radius 3 is 2.91 bits per heavy atom. The van der Waals surface area contributed by atoms with E-state index in [-0.39, 0.29) is 6.03 Å². The molecule has 2 aromatic rings. The Balaban J connectivity index is 1.52. The van der Waals surface area contributed by atoms with Crippen LogP contribution in [-0.2, 0) is 0 Å². The average Bonchev–Trinajstić information content (AvgIpc) is 2.56. The number of urea groups is 1. The third-order valence-electron chi connectivity index (χ3n) is 4.27. The van der Waals surface area contributed by atoms with Gasteiger partial charge in [0.25, 0.3) is 0 Å². The lowest BCUT2D eigenvalue weighted by Gasteiger charge is -2.22. The molecule has 0 spiro atoms. The van der Waals surface area contributed by atoms with E-state index in [2.05, 4.69) is 28.1 Å². The number of piperidine rings is 1. The Kier molecular flexibility index (Phi) is 4.91. The molecule has 2 aromatic carbocycles. The van der Waals surface area contributed by atoms with Gasteiger partial charge in [-0.05, 0) is 49.7 Å². The van der Waals surface area contributed by atoms with Crippen LogP contribution in [0.15, 0.2) is 42.5 Å². The van der Waals surface area contributed by atoms with Gasteiger partial charge < -0.3 is 16.0 Å². The molecule has 1 aliphatic heterocycles. The van der Waals surface area contributed by atoms with E-state index in [1.807, 2.05) is 30.3 Å². The summed E-state index contributed by atoms with van der Waals surface area (Å²) < 4.78 is 0. The molecule has 2 amide bonds. The van der Waals surface area contributed by atoms with E-state index in [1.54, 1.807) is 0 Å². The number of anilines is 1. The van der Waals surface area contributed by atoms with Crippen molar-refractivity contribution in [2.45, 2.75) is 19.3 Å². The van der Waals surface area contributed by atoms with E-state index in [0.29, 0.717) is 5.92 Å². The summed E-state index contributed by atoms with van der Waals surface area (Å²) in [5, 5.41) is 11.5. The minimum absolute atomic E-state index is 0.125. The number of carbonyl (C=O) groups excluding carboxylic acids is 1. The summed E-state index contributed by atoms with van der Waals surface area (Å²) in [7, 11) is 0. The fraction of sp³-hybridized carbons (Fsp3) is 0.389. The maximum Gasteiger partial charge on any atom is 0.319 e. The molecule has 1 aliphatic rings. The van der Waals surface area contributed by atoms with E-state index >= 15 is 0 Å². The Morgan fingerprint density at radius 1 is 1.18 bits per heavy atom. The number of rotatable bonds is 4. The SMILES string of the molecule is O=C(NCCC1CCCNC1)Nc1cccc2ccccc12. The van der Waals surface area contributed by atoms with Gasteiger partial charge in [-0.25, -0.2) is 4.79 Å². The summed E-state index contributed by atoms with van der Waals surface area (Å²) >= 11 is 0. The number of fused-ring (bicyclic) bond motifs is 1. The van der Waals surface area contributed by atoms with E-state index in [4.69, 9.17) is 0 Å². The van der Waals surface area contributed by atoms with Gasteiger partial charge in [0.1, 0.15) is 0 Å². The second-order valence-electron chi connectivity index (χ2n) is 5.91. The van der Waals surface area contributed by atoms with E-state index in [1.165, 1.54) is 12.8 Å². The quantitative estimate of drug-likeness (QED) is 0.810. The lowest BCUT2D eigenvalue weighted by atomic mass is 9.96. The molecule has 1 fully saturated rings. The Bertz CT molecular complexity index is 630. The Hall–Kier alpha value is -2.07. The molecule has 1 saturated heterocycles. The van der Waals surface area contributed by atoms with Crippen molar-refractivity contribution in [3.05, 3.63) is 42.5 Å². The van der Waals surface area contributed by atoms with Crippen LogP contribution >= 0.6 is 0 Å². The van der Waals surface area contributed by atoms with Crippen LogP contribution in [0.25, 0.3) is 10.8 Å². The van der Waals surface area contributed by atoms with E-state index in [0.717, 1.165) is 42.5 Å². The fourth-order valence-electron chi connectivity index (χ4n) is 3.06. The molecule has 22 heavy (non-hydrogen) atoms. The highest BCUT2D eigenvalue weighted by Crippen LogP contribution is 2.22. The molecule has 0 radical (unpaired) electrons. The number of hydrogen-bond acceptors (Lipinski definition) is 2. The molecule has 0 aliphatic carbocycles. The van der Waals surface area contributed by atoms with Crippen LogP contribution in [0.4, 0.5) is 10.5 Å². The van der Waals surface area contributed by atoms with Crippen LogP contribution in [0.1, 0.15) is 19.3 Å². The second kappa shape index (κ2) is 7.27. The lowest BCUT2D eigenvalue weighted by Crippen LogP contribution is -2.34. The first kappa shape index (κ1) is 14.9. The summed E-state index contributed by atoms with van der Waals surface area (Å²) in [4.78, 5) is 12.1. The third kappa shape index (κ3) is 3.77. The number of nitrogens with one attached hydrogen (secondary N) is 3. The molecule has 3 N–H and O–H groups in total. The zero-order valence-electron chi connectivity index (χ0n) is 12.8. The minimum Gasteiger partial charge on any atom is -0.338 e. The molecular weight excluding hydrogens is 274 g/mol. The van der Waals surface area contributed by atoms with Crippen LogP contribution in [-0.4, -0.2) is 25.7 Å². The molecule has 1 atom stereocenters. The second-order valence-corrected chi connectivity index (χ2v) is 5.91. The first-order chi connectivity index (χ1) is 10.8. The number of hydrogen-bond donors (Lipinski definition) is 3. The molecule has 0 aromatic heterocycles. The van der Waals surface area contributed by atoms with Crippen molar-refractivity contribution in [2.75, 3.05) is 25.0 Å². The maximum absolute atomic E-state index is 12.1. The lowest BCUT2D eigenvalue weighted by molar-refractivity contribution is 0.250. The van der Waals surface area contributed by atoms with Gasteiger partial charge in [-0.3, -0.25) is 0 Å². The molecule has 1 heterocycles. The van der Waals surface area contributed by atoms with Gasteiger partial charge in [0.05, 0.1) is 5.69 Å². The normalized spacial score (nSPS) is 18.1. The monoisotopic (exact) mass is 297 g/mol. The topological polar surface area (TPSA) is 53.2 Å². The maximum atomic E-state index is 12.1. The third-order valence-corrected chi connectivity index (χ3v) is 4.27. The predicted molar refractivity (Wildman–Crippen MR) is 91.2 cm³/mol. The van der Waals surface area contributed by atoms with E-state index in [9.17, 15) is 4.79 Å². The molecule has 0 bridgehead atoms. The van der Waals surface area contributed by atoms with Crippen molar-refractivity contribution in [3.63, 3.8) is 0 Å². The van der Waals surface area contributed by atoms with Crippen molar-refractivity contribution in [2.24, 2.45) is 5.92 Å². The van der Waals surface area contributed by atoms with Gasteiger partial charge in [-0.2, -0.15) is 0 Å². The molecule has 0 saturated carbocycles. The van der Waals surface area contributed by atoms with Gasteiger partial charge in [0.15, 0.2) is 0 Å². The first-order valence-corrected chi connectivity index (χ1v) is 8.06. The van der Waals surface area contributed by atoms with Crippen LogP contribution in [0, 0.1) is 5.92 Å². The van der Waals surface area contributed by atoms with Crippen molar-refractivity contribution >= 4 is 22.5 Å². The van der Waals surface area contributed by atoms with E-state index < -0.39 is 0 Å². The van der Waals surface area contributed by atoms with Crippen LogP contribution in [0.3, 0.4) is 0 Å². The average molecular weight is 297 g/mol. The minimum atomic E-state index is -0.125. The zero-order valence-corrected chi connectivity index (χ0v) is 12.8. The highest BCUT2D eigenvalue weighted by Gasteiger charge is 2.13. The van der Waals surface area contributed by atoms with Crippen molar-refractivity contribution < 1.29 is 4.79 Å². The molecule has 4 nitrogen and oxygen atoms in total.